The van der Waals surface area contributed by atoms with E-state index in [1.54, 1.807) is 6.92 Å². The van der Waals surface area contributed by atoms with Crippen LogP contribution in [-0.2, 0) is 20.9 Å². The molecule has 0 saturated carbocycles. The summed E-state index contributed by atoms with van der Waals surface area (Å²) >= 11 is 11.7. The summed E-state index contributed by atoms with van der Waals surface area (Å²) in [5.41, 5.74) is 1.47. The van der Waals surface area contributed by atoms with E-state index in [2.05, 4.69) is 15.6 Å². The Morgan fingerprint density at radius 3 is 2.50 bits per heavy atom. The van der Waals surface area contributed by atoms with Gasteiger partial charge < -0.3 is 19.8 Å². The maximum absolute atomic E-state index is 12.1. The standard InChI is InChI=1S/C22H19Cl2N3O5/c1-13-18(27-22(32-13)14-5-3-2-4-6-14)12-31-20(29)11-25-19(28)10-26-21(30)16-8-7-15(23)9-17(16)24/h2-9H,10-12H2,1H3,(H,25,28)(H,26,30). The molecule has 0 aliphatic rings. The summed E-state index contributed by atoms with van der Waals surface area (Å²) in [6.07, 6.45) is 0. The normalized spacial score (nSPS) is 10.5. The zero-order valence-corrected chi connectivity index (χ0v) is 18.5. The zero-order valence-electron chi connectivity index (χ0n) is 17.0. The van der Waals surface area contributed by atoms with Crippen molar-refractivity contribution in [2.24, 2.45) is 0 Å². The molecule has 8 nitrogen and oxygen atoms in total. The lowest BCUT2D eigenvalue weighted by Gasteiger charge is -2.08. The van der Waals surface area contributed by atoms with E-state index in [1.165, 1.54) is 18.2 Å². The van der Waals surface area contributed by atoms with Crippen LogP contribution in [0.1, 0.15) is 21.8 Å². The topological polar surface area (TPSA) is 111 Å². The van der Waals surface area contributed by atoms with Gasteiger partial charge in [0.2, 0.25) is 11.8 Å². The van der Waals surface area contributed by atoms with Crippen molar-refractivity contribution in [3.63, 3.8) is 0 Å². The third kappa shape index (κ3) is 6.32. The number of esters is 1. The molecule has 10 heteroatoms. The molecule has 0 aliphatic heterocycles. The lowest BCUT2D eigenvalue weighted by atomic mass is 10.2. The minimum atomic E-state index is -0.658. The number of aromatic nitrogens is 1. The maximum atomic E-state index is 12.1. The number of carbonyl (C=O) groups is 3. The first-order chi connectivity index (χ1) is 15.3. The monoisotopic (exact) mass is 475 g/mol. The number of halogens is 2. The van der Waals surface area contributed by atoms with Gasteiger partial charge in [0.25, 0.3) is 5.91 Å². The molecule has 0 saturated heterocycles. The van der Waals surface area contributed by atoms with Gasteiger partial charge in [0, 0.05) is 10.6 Å². The minimum absolute atomic E-state index is 0.0946. The van der Waals surface area contributed by atoms with Crippen LogP contribution in [0.3, 0.4) is 0 Å². The Hall–Kier alpha value is -3.36. The van der Waals surface area contributed by atoms with E-state index in [0.29, 0.717) is 22.4 Å². The lowest BCUT2D eigenvalue weighted by molar-refractivity contribution is -0.145. The quantitative estimate of drug-likeness (QED) is 0.482. The van der Waals surface area contributed by atoms with Crippen molar-refractivity contribution >= 4 is 41.0 Å². The number of nitrogens with one attached hydrogen (secondary N) is 2. The average molecular weight is 476 g/mol. The maximum Gasteiger partial charge on any atom is 0.325 e. The molecule has 0 bridgehead atoms. The number of oxazole rings is 1. The number of nitrogens with zero attached hydrogens (tertiary/aromatic N) is 1. The molecular formula is C22H19Cl2N3O5. The molecule has 0 spiro atoms. The van der Waals surface area contributed by atoms with Gasteiger partial charge in [0.15, 0.2) is 0 Å². The van der Waals surface area contributed by atoms with Crippen LogP contribution in [0, 0.1) is 6.92 Å². The fourth-order valence-electron chi connectivity index (χ4n) is 2.63. The summed E-state index contributed by atoms with van der Waals surface area (Å²) in [4.78, 5) is 40.3. The molecule has 3 rings (SSSR count). The van der Waals surface area contributed by atoms with Gasteiger partial charge in [-0.1, -0.05) is 41.4 Å². The number of carbonyl (C=O) groups excluding carboxylic acids is 3. The molecule has 3 aromatic rings. The van der Waals surface area contributed by atoms with Crippen molar-refractivity contribution in [2.45, 2.75) is 13.5 Å². The van der Waals surface area contributed by atoms with Gasteiger partial charge in [0.1, 0.15) is 24.6 Å². The highest BCUT2D eigenvalue weighted by Crippen LogP contribution is 2.22. The number of amides is 2. The van der Waals surface area contributed by atoms with Crippen LogP contribution in [0.5, 0.6) is 0 Å². The fraction of sp³-hybridized carbons (Fsp3) is 0.182. The first-order valence-corrected chi connectivity index (χ1v) is 10.3. The number of aryl methyl sites for hydroxylation is 1. The van der Waals surface area contributed by atoms with Crippen molar-refractivity contribution in [1.29, 1.82) is 0 Å². The second-order valence-electron chi connectivity index (χ2n) is 6.63. The molecule has 0 unspecified atom stereocenters. The molecule has 0 radical (unpaired) electrons. The van der Waals surface area contributed by atoms with Crippen molar-refractivity contribution < 1.29 is 23.5 Å². The molecule has 0 fully saturated rings. The van der Waals surface area contributed by atoms with E-state index in [-0.39, 0.29) is 30.3 Å². The van der Waals surface area contributed by atoms with Gasteiger partial charge in [-0.05, 0) is 37.3 Å². The molecule has 32 heavy (non-hydrogen) atoms. The number of hydrogen-bond donors (Lipinski definition) is 2. The third-order valence-electron chi connectivity index (χ3n) is 4.30. The first kappa shape index (κ1) is 23.3. The van der Waals surface area contributed by atoms with Crippen LogP contribution >= 0.6 is 23.2 Å². The number of rotatable bonds is 8. The average Bonchev–Trinajstić information content (AvgIpc) is 3.15. The smallest absolute Gasteiger partial charge is 0.325 e. The predicted molar refractivity (Wildman–Crippen MR) is 118 cm³/mol. The summed E-state index contributed by atoms with van der Waals surface area (Å²) in [5.74, 6) is -0.804. The van der Waals surface area contributed by atoms with Crippen LogP contribution < -0.4 is 10.6 Å². The Bertz CT molecular complexity index is 1130. The molecule has 2 aromatic carbocycles. The Morgan fingerprint density at radius 1 is 1.03 bits per heavy atom. The highest BCUT2D eigenvalue weighted by molar-refractivity contribution is 6.36. The van der Waals surface area contributed by atoms with E-state index in [0.717, 1.165) is 5.56 Å². The summed E-state index contributed by atoms with van der Waals surface area (Å²) in [6, 6.07) is 13.7. The lowest BCUT2D eigenvalue weighted by Crippen LogP contribution is -2.39. The Kier molecular flexibility index (Phi) is 7.86. The number of ether oxygens (including phenoxy) is 1. The summed E-state index contributed by atoms with van der Waals surface area (Å²) in [7, 11) is 0. The highest BCUT2D eigenvalue weighted by Gasteiger charge is 2.15. The van der Waals surface area contributed by atoms with Gasteiger partial charge in [-0.15, -0.1) is 0 Å². The van der Waals surface area contributed by atoms with E-state index < -0.39 is 17.8 Å². The Balaban J connectivity index is 1.41. The molecule has 1 aromatic heterocycles. The van der Waals surface area contributed by atoms with E-state index in [1.807, 2.05) is 30.3 Å². The molecule has 0 atom stereocenters. The number of hydrogen-bond acceptors (Lipinski definition) is 6. The van der Waals surface area contributed by atoms with E-state index in [4.69, 9.17) is 32.4 Å². The number of benzene rings is 2. The second kappa shape index (κ2) is 10.8. The van der Waals surface area contributed by atoms with Gasteiger partial charge in [0.05, 0.1) is 17.1 Å². The van der Waals surface area contributed by atoms with E-state index in [9.17, 15) is 14.4 Å². The highest BCUT2D eigenvalue weighted by atomic mass is 35.5. The van der Waals surface area contributed by atoms with Crippen LogP contribution in [0.25, 0.3) is 11.5 Å². The molecule has 166 valence electrons. The second-order valence-corrected chi connectivity index (χ2v) is 7.48. The van der Waals surface area contributed by atoms with Crippen molar-refractivity contribution in [3.8, 4) is 11.5 Å². The van der Waals surface area contributed by atoms with Gasteiger partial charge in [-0.25, -0.2) is 4.98 Å². The Labute approximate surface area is 193 Å². The minimum Gasteiger partial charge on any atom is -0.458 e. The van der Waals surface area contributed by atoms with Gasteiger partial charge in [-0.2, -0.15) is 0 Å². The Morgan fingerprint density at radius 2 is 1.78 bits per heavy atom. The molecule has 2 amide bonds. The molecular weight excluding hydrogens is 457 g/mol. The fourth-order valence-corrected chi connectivity index (χ4v) is 3.12. The third-order valence-corrected chi connectivity index (χ3v) is 4.85. The zero-order chi connectivity index (χ0) is 23.1. The van der Waals surface area contributed by atoms with Crippen molar-refractivity contribution in [1.82, 2.24) is 15.6 Å². The van der Waals surface area contributed by atoms with Crippen molar-refractivity contribution in [3.05, 3.63) is 75.6 Å². The molecule has 1 heterocycles. The SMILES string of the molecule is Cc1oc(-c2ccccc2)nc1COC(=O)CNC(=O)CNC(=O)c1ccc(Cl)cc1Cl. The van der Waals surface area contributed by atoms with Crippen LogP contribution in [0.2, 0.25) is 10.0 Å². The predicted octanol–water partition coefficient (Wildman–Crippen LogP) is 3.55. The summed E-state index contributed by atoms with van der Waals surface area (Å²) < 4.78 is 10.7. The summed E-state index contributed by atoms with van der Waals surface area (Å²) in [6.45, 7) is 0.926. The molecule has 2 N–H and O–H groups in total. The van der Waals surface area contributed by atoms with Crippen molar-refractivity contribution in [2.75, 3.05) is 13.1 Å². The molecule has 0 aliphatic carbocycles. The van der Waals surface area contributed by atoms with Crippen LogP contribution in [0.15, 0.2) is 52.9 Å². The first-order valence-electron chi connectivity index (χ1n) is 9.51. The van der Waals surface area contributed by atoms with Gasteiger partial charge in [-0.3, -0.25) is 14.4 Å². The van der Waals surface area contributed by atoms with E-state index >= 15 is 0 Å². The van der Waals surface area contributed by atoms with Gasteiger partial charge >= 0.3 is 5.97 Å². The van der Waals surface area contributed by atoms with Crippen LogP contribution in [0.4, 0.5) is 0 Å². The summed E-state index contributed by atoms with van der Waals surface area (Å²) in [5, 5.41) is 5.34. The largest absolute Gasteiger partial charge is 0.458 e. The van der Waals surface area contributed by atoms with Crippen LogP contribution in [-0.4, -0.2) is 35.9 Å².